The topological polar surface area (TPSA) is 101 Å². The van der Waals surface area contributed by atoms with Crippen LogP contribution in [0.5, 0.6) is 0 Å². The van der Waals surface area contributed by atoms with Crippen LogP contribution in [0.4, 0.5) is 10.6 Å². The van der Waals surface area contributed by atoms with E-state index >= 15 is 0 Å². The number of anilines is 1. The van der Waals surface area contributed by atoms with Gasteiger partial charge in [-0.2, -0.15) is 0 Å². The summed E-state index contributed by atoms with van der Waals surface area (Å²) in [7, 11) is -1.41. The SMILES string of the molecule is CC1CC(NS(C)(=O)=O)C2COC3CCC(CC3)c3cccc(n3)N(C)CCCOC(=O)N12. The lowest BCUT2D eigenvalue weighted by Crippen LogP contribution is -2.50. The molecule has 9 nitrogen and oxygen atoms in total. The zero-order valence-corrected chi connectivity index (χ0v) is 20.6. The Kier molecular flexibility index (Phi) is 7.45. The molecule has 1 amide bonds. The molecule has 3 unspecified atom stereocenters. The monoisotopic (exact) mass is 480 g/mol. The quantitative estimate of drug-likeness (QED) is 0.694. The highest BCUT2D eigenvalue weighted by molar-refractivity contribution is 7.88. The number of hydrogen-bond acceptors (Lipinski definition) is 7. The zero-order valence-electron chi connectivity index (χ0n) is 19.8. The van der Waals surface area contributed by atoms with E-state index in [1.54, 1.807) is 4.90 Å². The number of rotatable bonds is 2. The smallest absolute Gasteiger partial charge is 0.410 e. The molecule has 1 aliphatic carbocycles. The van der Waals surface area contributed by atoms with Crippen LogP contribution in [-0.4, -0.2) is 81.7 Å². The second-order valence-electron chi connectivity index (χ2n) is 9.67. The first kappa shape index (κ1) is 24.2. The minimum absolute atomic E-state index is 0.0930. The Hall–Kier alpha value is -1.91. The molecule has 3 aliphatic heterocycles. The van der Waals surface area contributed by atoms with Gasteiger partial charge in [-0.1, -0.05) is 6.07 Å². The van der Waals surface area contributed by atoms with Gasteiger partial charge in [-0.15, -0.1) is 0 Å². The fourth-order valence-electron chi connectivity index (χ4n) is 5.36. The molecule has 0 spiro atoms. The maximum atomic E-state index is 13.0. The number of nitrogens with one attached hydrogen (secondary N) is 1. The second kappa shape index (κ2) is 10.1. The Bertz CT molecular complexity index is 935. The van der Waals surface area contributed by atoms with Crippen LogP contribution in [0.3, 0.4) is 0 Å². The molecule has 0 aromatic carbocycles. The highest BCUT2D eigenvalue weighted by atomic mass is 32.2. The lowest BCUT2D eigenvalue weighted by Gasteiger charge is -2.33. The van der Waals surface area contributed by atoms with Gasteiger partial charge >= 0.3 is 6.09 Å². The molecule has 2 fully saturated rings. The first-order chi connectivity index (χ1) is 15.7. The summed E-state index contributed by atoms with van der Waals surface area (Å²) in [6.07, 6.45) is 5.89. The van der Waals surface area contributed by atoms with Gasteiger partial charge < -0.3 is 14.4 Å². The molecule has 1 N–H and O–H groups in total. The lowest BCUT2D eigenvalue weighted by molar-refractivity contribution is -0.0105. The third-order valence-corrected chi connectivity index (χ3v) is 7.80. The minimum atomic E-state index is -3.41. The third-order valence-electron chi connectivity index (χ3n) is 7.07. The summed E-state index contributed by atoms with van der Waals surface area (Å²) >= 11 is 0. The number of ether oxygens (including phenoxy) is 2. The number of nitrogens with zero attached hydrogens (tertiary/aromatic N) is 3. The van der Waals surface area contributed by atoms with Crippen molar-refractivity contribution in [2.45, 2.75) is 75.6 Å². The Balaban J connectivity index is 1.54. The molecule has 4 aliphatic rings. The van der Waals surface area contributed by atoms with Crippen LogP contribution >= 0.6 is 0 Å². The Morgan fingerprint density at radius 3 is 2.67 bits per heavy atom. The van der Waals surface area contributed by atoms with Crippen LogP contribution in [0.15, 0.2) is 18.2 Å². The number of carbonyl (C=O) groups excluding carboxylic acids is 1. The van der Waals surface area contributed by atoms with Crippen LogP contribution in [-0.2, 0) is 19.5 Å². The fourth-order valence-corrected chi connectivity index (χ4v) is 6.17. The summed E-state index contributed by atoms with van der Waals surface area (Å²) in [5.74, 6) is 1.35. The number of fused-ring (bicyclic) bond motifs is 8. The van der Waals surface area contributed by atoms with E-state index in [0.717, 1.165) is 50.0 Å². The Morgan fingerprint density at radius 2 is 1.94 bits per heavy atom. The molecule has 184 valence electrons. The highest BCUT2D eigenvalue weighted by Crippen LogP contribution is 2.35. The summed E-state index contributed by atoms with van der Waals surface area (Å²) in [4.78, 5) is 21.7. The normalized spacial score (nSPS) is 31.7. The number of aromatic nitrogens is 1. The zero-order chi connectivity index (χ0) is 23.6. The van der Waals surface area contributed by atoms with E-state index in [9.17, 15) is 13.2 Å². The summed E-state index contributed by atoms with van der Waals surface area (Å²) in [5.41, 5.74) is 1.13. The van der Waals surface area contributed by atoms with Crippen molar-refractivity contribution in [3.05, 3.63) is 23.9 Å². The average molecular weight is 481 g/mol. The van der Waals surface area contributed by atoms with Gasteiger partial charge in [0.15, 0.2) is 0 Å². The van der Waals surface area contributed by atoms with Crippen LogP contribution in [0.1, 0.15) is 57.1 Å². The van der Waals surface area contributed by atoms with E-state index in [2.05, 4.69) is 21.8 Å². The van der Waals surface area contributed by atoms with Gasteiger partial charge in [0.05, 0.1) is 31.6 Å². The lowest BCUT2D eigenvalue weighted by atomic mass is 9.85. The number of sulfonamides is 1. The molecular formula is C23H36N4O5S. The summed E-state index contributed by atoms with van der Waals surface area (Å²) in [6, 6.07) is 5.27. The highest BCUT2D eigenvalue weighted by Gasteiger charge is 2.44. The minimum Gasteiger partial charge on any atom is -0.449 e. The molecule has 3 atom stereocenters. The van der Waals surface area contributed by atoms with Gasteiger partial charge in [0.2, 0.25) is 10.0 Å². The molecule has 1 aromatic heterocycles. The van der Waals surface area contributed by atoms with Gasteiger partial charge in [0.1, 0.15) is 5.82 Å². The molecule has 4 bridgehead atoms. The molecule has 0 radical (unpaired) electrons. The molecule has 1 aromatic rings. The van der Waals surface area contributed by atoms with Crippen molar-refractivity contribution >= 4 is 21.9 Å². The van der Waals surface area contributed by atoms with Crippen molar-refractivity contribution in [3.8, 4) is 0 Å². The number of carbonyl (C=O) groups is 1. The Morgan fingerprint density at radius 1 is 1.18 bits per heavy atom. The predicted octanol–water partition coefficient (Wildman–Crippen LogP) is 2.48. The van der Waals surface area contributed by atoms with Crippen molar-refractivity contribution in [1.29, 1.82) is 0 Å². The van der Waals surface area contributed by atoms with E-state index in [4.69, 9.17) is 14.5 Å². The molecule has 1 saturated heterocycles. The van der Waals surface area contributed by atoms with E-state index < -0.39 is 28.2 Å². The fraction of sp³-hybridized carbons (Fsp3) is 0.739. The Labute approximate surface area is 196 Å². The van der Waals surface area contributed by atoms with Crippen molar-refractivity contribution in [2.24, 2.45) is 0 Å². The third kappa shape index (κ3) is 5.96. The summed E-state index contributed by atoms with van der Waals surface area (Å²) in [5, 5.41) is 0. The second-order valence-corrected chi connectivity index (χ2v) is 11.5. The number of amides is 1. The van der Waals surface area contributed by atoms with E-state index in [-0.39, 0.29) is 18.8 Å². The molecule has 4 heterocycles. The average Bonchev–Trinajstić information content (AvgIpc) is 3.07. The molecule has 10 heteroatoms. The summed E-state index contributed by atoms with van der Waals surface area (Å²) < 4.78 is 38.5. The van der Waals surface area contributed by atoms with Crippen LogP contribution < -0.4 is 9.62 Å². The van der Waals surface area contributed by atoms with Gasteiger partial charge in [-0.05, 0) is 57.6 Å². The van der Waals surface area contributed by atoms with Gasteiger partial charge in [-0.25, -0.2) is 22.9 Å². The van der Waals surface area contributed by atoms with Crippen LogP contribution in [0, 0.1) is 0 Å². The van der Waals surface area contributed by atoms with E-state index in [1.807, 2.05) is 20.0 Å². The summed E-state index contributed by atoms with van der Waals surface area (Å²) in [6.45, 7) is 3.22. The standard InChI is InChI=1S/C23H36N4O5S/c1-16-14-20(25-33(3,29)30)21-15-32-18-10-8-17(9-11-18)19-6-4-7-22(24-19)26(2)12-5-13-31-23(28)27(16)21/h4,6-7,16-18,20-21,25H,5,8-15H2,1-3H3. The maximum absolute atomic E-state index is 13.0. The van der Waals surface area contributed by atoms with Gasteiger partial charge in [-0.3, -0.25) is 4.90 Å². The molecule has 33 heavy (non-hydrogen) atoms. The van der Waals surface area contributed by atoms with E-state index in [1.165, 1.54) is 0 Å². The van der Waals surface area contributed by atoms with Crippen molar-refractivity contribution < 1.29 is 22.7 Å². The molecule has 1 saturated carbocycles. The molecular weight excluding hydrogens is 444 g/mol. The number of pyridine rings is 1. The maximum Gasteiger partial charge on any atom is 0.410 e. The van der Waals surface area contributed by atoms with Crippen molar-refractivity contribution in [2.75, 3.05) is 38.0 Å². The first-order valence-corrected chi connectivity index (χ1v) is 13.8. The van der Waals surface area contributed by atoms with Crippen LogP contribution in [0.2, 0.25) is 0 Å². The predicted molar refractivity (Wildman–Crippen MR) is 126 cm³/mol. The van der Waals surface area contributed by atoms with Crippen LogP contribution in [0.25, 0.3) is 0 Å². The number of hydrogen-bond donors (Lipinski definition) is 1. The largest absolute Gasteiger partial charge is 0.449 e. The van der Waals surface area contributed by atoms with E-state index in [0.29, 0.717) is 25.4 Å². The first-order valence-electron chi connectivity index (χ1n) is 11.9. The van der Waals surface area contributed by atoms with Crippen molar-refractivity contribution in [3.63, 3.8) is 0 Å². The van der Waals surface area contributed by atoms with Gasteiger partial charge in [0, 0.05) is 37.3 Å². The molecule has 5 rings (SSSR count). The van der Waals surface area contributed by atoms with Crippen molar-refractivity contribution in [1.82, 2.24) is 14.6 Å². The van der Waals surface area contributed by atoms with Gasteiger partial charge in [0.25, 0.3) is 0 Å².